The zero-order valence-corrected chi connectivity index (χ0v) is 16.6. The second-order valence-corrected chi connectivity index (χ2v) is 7.16. The molecule has 1 fully saturated rings. The lowest BCUT2D eigenvalue weighted by Gasteiger charge is -2.29. The van der Waals surface area contributed by atoms with E-state index in [0.29, 0.717) is 36.8 Å². The summed E-state index contributed by atoms with van der Waals surface area (Å²) in [5, 5.41) is 3.88. The van der Waals surface area contributed by atoms with E-state index < -0.39 is 6.04 Å². The van der Waals surface area contributed by atoms with Gasteiger partial charge in [-0.1, -0.05) is 5.16 Å². The van der Waals surface area contributed by atoms with Crippen molar-refractivity contribution in [2.45, 2.75) is 25.8 Å². The minimum Gasteiger partial charge on any atom is -0.340 e. The average Bonchev–Trinajstić information content (AvgIpc) is 3.08. The predicted octanol–water partition coefficient (Wildman–Crippen LogP) is 1.83. The molecule has 0 bridgehead atoms. The van der Waals surface area contributed by atoms with Crippen molar-refractivity contribution in [2.75, 3.05) is 19.6 Å². The quantitative estimate of drug-likeness (QED) is 0.651. The molecule has 4 rings (SSSR count). The van der Waals surface area contributed by atoms with Crippen LogP contribution in [-0.4, -0.2) is 61.4 Å². The molecule has 0 aliphatic carbocycles. The van der Waals surface area contributed by atoms with Crippen LogP contribution in [-0.2, 0) is 11.2 Å². The largest absolute Gasteiger partial charge is 0.340 e. The molecule has 154 valence electrons. The van der Waals surface area contributed by atoms with E-state index in [1.54, 1.807) is 47.4 Å². The van der Waals surface area contributed by atoms with Crippen LogP contribution in [0.1, 0.15) is 40.1 Å². The topological polar surface area (TPSA) is 105 Å². The Balaban J connectivity index is 1.59. The molecule has 0 aromatic carbocycles. The summed E-state index contributed by atoms with van der Waals surface area (Å²) in [4.78, 5) is 42.0. The summed E-state index contributed by atoms with van der Waals surface area (Å²) in [6, 6.07) is 6.58. The van der Waals surface area contributed by atoms with Gasteiger partial charge in [0.2, 0.25) is 5.91 Å². The zero-order chi connectivity index (χ0) is 20.9. The maximum absolute atomic E-state index is 13.2. The molecule has 1 atom stereocenters. The molecule has 3 aromatic rings. The number of carbonyl (C=O) groups is 2. The van der Waals surface area contributed by atoms with Gasteiger partial charge >= 0.3 is 0 Å². The maximum atomic E-state index is 13.2. The van der Waals surface area contributed by atoms with Gasteiger partial charge in [-0.2, -0.15) is 4.98 Å². The van der Waals surface area contributed by atoms with E-state index in [0.717, 1.165) is 5.56 Å². The molecular formula is C21H22N6O3. The molecule has 1 aliphatic heterocycles. The summed E-state index contributed by atoms with van der Waals surface area (Å²) in [6.07, 6.45) is 7.42. The average molecular weight is 406 g/mol. The van der Waals surface area contributed by atoms with Crippen LogP contribution in [0.5, 0.6) is 0 Å². The van der Waals surface area contributed by atoms with Crippen LogP contribution in [0.25, 0.3) is 0 Å². The Morgan fingerprint density at radius 1 is 1.13 bits per heavy atom. The summed E-state index contributed by atoms with van der Waals surface area (Å²) in [7, 11) is 0. The Kier molecular flexibility index (Phi) is 5.78. The van der Waals surface area contributed by atoms with Crippen molar-refractivity contribution in [1.82, 2.24) is 29.9 Å². The van der Waals surface area contributed by atoms with E-state index in [9.17, 15) is 9.59 Å². The third kappa shape index (κ3) is 4.35. The van der Waals surface area contributed by atoms with E-state index in [2.05, 4.69) is 20.1 Å². The molecule has 4 heterocycles. The van der Waals surface area contributed by atoms with E-state index in [-0.39, 0.29) is 24.8 Å². The van der Waals surface area contributed by atoms with Gasteiger partial charge in [0.05, 0.1) is 18.5 Å². The van der Waals surface area contributed by atoms with Crippen LogP contribution in [0.4, 0.5) is 0 Å². The Labute approximate surface area is 173 Å². The van der Waals surface area contributed by atoms with Gasteiger partial charge in [0, 0.05) is 37.9 Å². The normalized spacial score (nSPS) is 16.9. The lowest BCUT2D eigenvalue weighted by molar-refractivity contribution is -0.130. The molecule has 1 saturated heterocycles. The van der Waals surface area contributed by atoms with E-state index in [4.69, 9.17) is 4.52 Å². The molecule has 1 aliphatic rings. The summed E-state index contributed by atoms with van der Waals surface area (Å²) in [6.45, 7) is 3.03. The SMILES string of the molecule is Cc1noc(C2CN(C(=O)Cc3ccncc3)CCCN2C(=O)c2cccnc2)n1. The maximum Gasteiger partial charge on any atom is 0.256 e. The lowest BCUT2D eigenvalue weighted by Crippen LogP contribution is -2.40. The Bertz CT molecular complexity index is 1010. The summed E-state index contributed by atoms with van der Waals surface area (Å²) in [5.74, 6) is 0.622. The fourth-order valence-electron chi connectivity index (χ4n) is 3.56. The van der Waals surface area contributed by atoms with Crippen molar-refractivity contribution in [3.8, 4) is 0 Å². The molecular weight excluding hydrogens is 384 g/mol. The molecule has 30 heavy (non-hydrogen) atoms. The molecule has 0 radical (unpaired) electrons. The number of hydrogen-bond donors (Lipinski definition) is 0. The number of hydrogen-bond acceptors (Lipinski definition) is 7. The second kappa shape index (κ2) is 8.81. The van der Waals surface area contributed by atoms with Gasteiger partial charge in [0.25, 0.3) is 11.8 Å². The van der Waals surface area contributed by atoms with Crippen molar-refractivity contribution < 1.29 is 14.1 Å². The highest BCUT2D eigenvalue weighted by atomic mass is 16.5. The van der Waals surface area contributed by atoms with Gasteiger partial charge in [-0.05, 0) is 43.2 Å². The molecule has 0 spiro atoms. The highest BCUT2D eigenvalue weighted by Crippen LogP contribution is 2.26. The summed E-state index contributed by atoms with van der Waals surface area (Å²) >= 11 is 0. The first-order valence-electron chi connectivity index (χ1n) is 9.79. The van der Waals surface area contributed by atoms with Crippen molar-refractivity contribution >= 4 is 11.8 Å². The number of aromatic nitrogens is 4. The molecule has 0 saturated carbocycles. The van der Waals surface area contributed by atoms with Gasteiger partial charge in [-0.15, -0.1) is 0 Å². The van der Waals surface area contributed by atoms with Crippen molar-refractivity contribution in [1.29, 1.82) is 0 Å². The standard InChI is InChI=1S/C21H22N6O3/c1-15-24-20(30-25-15)18-14-26(19(28)12-16-5-8-22-9-6-16)10-3-11-27(18)21(29)17-4-2-7-23-13-17/h2,4-9,13,18H,3,10-12,14H2,1H3. The highest BCUT2D eigenvalue weighted by Gasteiger charge is 2.35. The molecule has 1 unspecified atom stereocenters. The molecule has 0 N–H and O–H groups in total. The third-order valence-corrected chi connectivity index (χ3v) is 5.05. The van der Waals surface area contributed by atoms with Crippen molar-refractivity contribution in [3.63, 3.8) is 0 Å². The van der Waals surface area contributed by atoms with Gasteiger partial charge in [0.15, 0.2) is 5.82 Å². The highest BCUT2D eigenvalue weighted by molar-refractivity contribution is 5.94. The first-order valence-corrected chi connectivity index (χ1v) is 9.79. The van der Waals surface area contributed by atoms with Gasteiger partial charge in [-0.25, -0.2) is 0 Å². The van der Waals surface area contributed by atoms with Crippen LogP contribution < -0.4 is 0 Å². The predicted molar refractivity (Wildman–Crippen MR) is 106 cm³/mol. The number of pyridine rings is 2. The number of nitrogens with zero attached hydrogens (tertiary/aromatic N) is 6. The van der Waals surface area contributed by atoms with Crippen molar-refractivity contribution in [3.05, 3.63) is 71.9 Å². The minimum atomic E-state index is -0.525. The number of amides is 2. The van der Waals surface area contributed by atoms with Crippen LogP contribution >= 0.6 is 0 Å². The first kappa shape index (κ1) is 19.7. The second-order valence-electron chi connectivity index (χ2n) is 7.16. The summed E-state index contributed by atoms with van der Waals surface area (Å²) < 4.78 is 5.41. The van der Waals surface area contributed by atoms with E-state index >= 15 is 0 Å². The fourth-order valence-corrected chi connectivity index (χ4v) is 3.56. The van der Waals surface area contributed by atoms with Gasteiger partial charge in [-0.3, -0.25) is 19.6 Å². The number of carbonyl (C=O) groups excluding carboxylic acids is 2. The number of rotatable bonds is 4. The summed E-state index contributed by atoms with van der Waals surface area (Å²) in [5.41, 5.74) is 1.38. The Morgan fingerprint density at radius 2 is 1.97 bits per heavy atom. The zero-order valence-electron chi connectivity index (χ0n) is 16.6. The molecule has 3 aromatic heterocycles. The van der Waals surface area contributed by atoms with Gasteiger partial charge in [0.1, 0.15) is 6.04 Å². The van der Waals surface area contributed by atoms with Crippen molar-refractivity contribution in [2.24, 2.45) is 0 Å². The van der Waals surface area contributed by atoms with Crippen LogP contribution in [0, 0.1) is 6.92 Å². The Hall–Kier alpha value is -3.62. The monoisotopic (exact) mass is 406 g/mol. The first-order chi connectivity index (χ1) is 14.6. The van der Waals surface area contributed by atoms with E-state index in [1.807, 2.05) is 12.1 Å². The smallest absolute Gasteiger partial charge is 0.256 e. The lowest BCUT2D eigenvalue weighted by atomic mass is 10.1. The van der Waals surface area contributed by atoms with E-state index in [1.165, 1.54) is 6.20 Å². The Morgan fingerprint density at radius 3 is 2.67 bits per heavy atom. The van der Waals surface area contributed by atoms with Crippen LogP contribution in [0.3, 0.4) is 0 Å². The third-order valence-electron chi connectivity index (χ3n) is 5.05. The molecule has 9 nitrogen and oxygen atoms in total. The van der Waals surface area contributed by atoms with Crippen LogP contribution in [0.2, 0.25) is 0 Å². The van der Waals surface area contributed by atoms with Crippen LogP contribution in [0.15, 0.2) is 53.6 Å². The fraction of sp³-hybridized carbons (Fsp3) is 0.333. The van der Waals surface area contributed by atoms with Gasteiger partial charge < -0.3 is 14.3 Å². The molecule has 2 amide bonds. The minimum absolute atomic E-state index is 0.0156. The molecule has 9 heteroatoms. The number of aryl methyl sites for hydroxylation is 1.